The second-order valence-electron chi connectivity index (χ2n) is 10.2. The number of halogens is 1. The molecule has 0 amide bonds. The van der Waals surface area contributed by atoms with Crippen LogP contribution in [0.25, 0.3) is 33.4 Å². The van der Waals surface area contributed by atoms with E-state index in [1.165, 1.54) is 0 Å². The lowest BCUT2D eigenvalue weighted by Gasteiger charge is -2.29. The number of nitrogens with one attached hydrogen (secondary N) is 1. The van der Waals surface area contributed by atoms with Crippen LogP contribution in [-0.2, 0) is 0 Å². The predicted molar refractivity (Wildman–Crippen MR) is 149 cm³/mol. The van der Waals surface area contributed by atoms with Crippen molar-refractivity contribution < 1.29 is 23.1 Å². The van der Waals surface area contributed by atoms with Crippen LogP contribution in [0.2, 0.25) is 0 Å². The molecular weight excluding hydrogens is 481 g/mol. The van der Waals surface area contributed by atoms with E-state index < -0.39 is 11.8 Å². The molecule has 0 spiro atoms. The molecule has 1 saturated heterocycles. The average Bonchev–Trinajstić information content (AvgIpc) is 3.28. The third-order valence-corrected chi connectivity index (χ3v) is 7.37. The smallest absolute Gasteiger partial charge is 0.162 e. The first-order valence-electron chi connectivity index (χ1n) is 13.2. The molecule has 0 bridgehead atoms. The lowest BCUT2D eigenvalue weighted by Crippen LogP contribution is -2.44. The number of alkyl halides is 1. The van der Waals surface area contributed by atoms with Crippen molar-refractivity contribution in [3.63, 3.8) is 0 Å². The summed E-state index contributed by atoms with van der Waals surface area (Å²) in [5.41, 5.74) is 3.62. The van der Waals surface area contributed by atoms with Gasteiger partial charge in [-0.05, 0) is 74.7 Å². The fourth-order valence-electron chi connectivity index (χ4n) is 5.14. The van der Waals surface area contributed by atoms with Crippen molar-refractivity contribution in [3.8, 4) is 33.9 Å². The number of hydrogen-bond donors (Lipinski definition) is 1. The van der Waals surface area contributed by atoms with Crippen LogP contribution in [-0.4, -0.2) is 37.8 Å². The number of ketones is 1. The van der Waals surface area contributed by atoms with Gasteiger partial charge in [-0.2, -0.15) is 0 Å². The summed E-state index contributed by atoms with van der Waals surface area (Å²) in [6.07, 6.45) is 1.50. The molecule has 0 saturated carbocycles. The van der Waals surface area contributed by atoms with Gasteiger partial charge in [-0.1, -0.05) is 37.3 Å². The molecule has 4 aromatic rings. The zero-order chi connectivity index (χ0) is 26.9. The standard InChI is InChI=1S/C32H34FNO4/c1-5-26(35)22-11-13-25(28(17-22)36-4)29-18-23-8-6-9-24(31(23)38-29)21-12-14-27(20(2)16-21)37-30-10-7-15-34-19-32(30,3)33/h6,8-9,11-14,16-18,30,34H,5,7,10,15,19H2,1-4H3. The number of carbonyl (C=O) groups is 1. The maximum Gasteiger partial charge on any atom is 0.162 e. The van der Waals surface area contributed by atoms with E-state index in [1.807, 2.05) is 62.4 Å². The van der Waals surface area contributed by atoms with Crippen LogP contribution in [0.4, 0.5) is 4.39 Å². The van der Waals surface area contributed by atoms with Crippen LogP contribution < -0.4 is 14.8 Å². The monoisotopic (exact) mass is 515 g/mol. The van der Waals surface area contributed by atoms with Crippen LogP contribution in [0.15, 0.2) is 65.1 Å². The summed E-state index contributed by atoms with van der Waals surface area (Å²) in [4.78, 5) is 12.2. The number of methoxy groups -OCH3 is 1. The first-order chi connectivity index (χ1) is 18.3. The minimum absolute atomic E-state index is 0.0661. The van der Waals surface area contributed by atoms with E-state index in [1.54, 1.807) is 20.1 Å². The summed E-state index contributed by atoms with van der Waals surface area (Å²) < 4.78 is 33.4. The van der Waals surface area contributed by atoms with Gasteiger partial charge in [0, 0.05) is 29.5 Å². The van der Waals surface area contributed by atoms with Crippen molar-refractivity contribution in [1.29, 1.82) is 0 Å². The molecular formula is C32H34FNO4. The van der Waals surface area contributed by atoms with Crippen LogP contribution in [0, 0.1) is 6.92 Å². The molecule has 38 heavy (non-hydrogen) atoms. The van der Waals surface area contributed by atoms with Crippen molar-refractivity contribution in [2.45, 2.75) is 51.8 Å². The highest BCUT2D eigenvalue weighted by Gasteiger charge is 2.37. The first kappa shape index (κ1) is 26.0. The normalized spacial score (nSPS) is 19.8. The van der Waals surface area contributed by atoms with Crippen LogP contribution in [0.1, 0.15) is 49.0 Å². The van der Waals surface area contributed by atoms with Gasteiger partial charge in [0.15, 0.2) is 11.5 Å². The number of ether oxygens (including phenoxy) is 2. The summed E-state index contributed by atoms with van der Waals surface area (Å²) in [5, 5.41) is 4.12. The number of aryl methyl sites for hydroxylation is 1. The van der Waals surface area contributed by atoms with Crippen LogP contribution >= 0.6 is 0 Å². The molecule has 5 nitrogen and oxygen atoms in total. The van der Waals surface area contributed by atoms with Crippen LogP contribution in [0.5, 0.6) is 11.5 Å². The molecule has 1 fully saturated rings. The maximum atomic E-state index is 15.2. The number of Topliss-reactive ketones (excluding diaryl/α,β-unsaturated/α-hetero) is 1. The number of hydrogen-bond acceptors (Lipinski definition) is 5. The van der Waals surface area contributed by atoms with E-state index in [0.29, 0.717) is 42.2 Å². The topological polar surface area (TPSA) is 60.7 Å². The molecule has 5 rings (SSSR count). The van der Waals surface area contributed by atoms with Gasteiger partial charge in [0.1, 0.15) is 28.9 Å². The Labute approximate surface area is 222 Å². The zero-order valence-electron chi connectivity index (χ0n) is 22.4. The molecule has 0 radical (unpaired) electrons. The SMILES string of the molecule is CCC(=O)c1ccc(-c2cc3cccc(-c4ccc(OC5CCCNCC5(C)F)c(C)c4)c3o2)c(OC)c1. The molecule has 0 aliphatic carbocycles. The highest BCUT2D eigenvalue weighted by Crippen LogP contribution is 2.39. The Kier molecular flexibility index (Phi) is 7.26. The Morgan fingerprint density at radius 3 is 2.71 bits per heavy atom. The van der Waals surface area contributed by atoms with Crippen molar-refractivity contribution in [1.82, 2.24) is 5.32 Å². The van der Waals surface area contributed by atoms with Crippen molar-refractivity contribution >= 4 is 16.8 Å². The van der Waals surface area contributed by atoms with Gasteiger partial charge in [-0.15, -0.1) is 0 Å². The Hall–Kier alpha value is -3.64. The Balaban J connectivity index is 1.48. The predicted octanol–water partition coefficient (Wildman–Crippen LogP) is 7.54. The van der Waals surface area contributed by atoms with Crippen LogP contribution in [0.3, 0.4) is 0 Å². The first-order valence-corrected chi connectivity index (χ1v) is 13.2. The fourth-order valence-corrected chi connectivity index (χ4v) is 5.14. The highest BCUT2D eigenvalue weighted by molar-refractivity contribution is 5.98. The summed E-state index contributed by atoms with van der Waals surface area (Å²) in [7, 11) is 1.59. The Morgan fingerprint density at radius 2 is 1.95 bits per heavy atom. The minimum atomic E-state index is -1.43. The zero-order valence-corrected chi connectivity index (χ0v) is 22.4. The fraction of sp³-hybridized carbons (Fsp3) is 0.344. The van der Waals surface area contributed by atoms with Gasteiger partial charge in [0.2, 0.25) is 0 Å². The lowest BCUT2D eigenvalue weighted by atomic mass is 9.98. The summed E-state index contributed by atoms with van der Waals surface area (Å²) >= 11 is 0. The second kappa shape index (κ2) is 10.6. The third-order valence-electron chi connectivity index (χ3n) is 7.37. The second-order valence-corrected chi connectivity index (χ2v) is 10.2. The Bertz CT molecular complexity index is 1470. The van der Waals surface area contributed by atoms with E-state index in [-0.39, 0.29) is 5.78 Å². The number of carbonyl (C=O) groups excluding carboxylic acids is 1. The van der Waals surface area contributed by atoms with E-state index in [2.05, 4.69) is 11.4 Å². The van der Waals surface area contributed by atoms with E-state index in [4.69, 9.17) is 13.9 Å². The maximum absolute atomic E-state index is 15.2. The van der Waals surface area contributed by atoms with Crippen molar-refractivity contribution in [3.05, 3.63) is 71.8 Å². The van der Waals surface area contributed by atoms with Crippen molar-refractivity contribution in [2.24, 2.45) is 0 Å². The molecule has 2 atom stereocenters. The van der Waals surface area contributed by atoms with Crippen molar-refractivity contribution in [2.75, 3.05) is 20.2 Å². The molecule has 2 heterocycles. The molecule has 2 unspecified atom stereocenters. The Morgan fingerprint density at radius 1 is 1.11 bits per heavy atom. The van der Waals surface area contributed by atoms with Gasteiger partial charge >= 0.3 is 0 Å². The third kappa shape index (κ3) is 5.05. The molecule has 1 aliphatic heterocycles. The molecule has 1 N–H and O–H groups in total. The summed E-state index contributed by atoms with van der Waals surface area (Å²) in [5.74, 6) is 2.02. The highest BCUT2D eigenvalue weighted by atomic mass is 19.1. The van der Waals surface area contributed by atoms with E-state index in [0.717, 1.165) is 46.2 Å². The molecule has 3 aromatic carbocycles. The minimum Gasteiger partial charge on any atom is -0.496 e. The van der Waals surface area contributed by atoms with Gasteiger partial charge in [-0.25, -0.2) is 4.39 Å². The number of fused-ring (bicyclic) bond motifs is 1. The van der Waals surface area contributed by atoms with Gasteiger partial charge in [0.05, 0.1) is 12.7 Å². The van der Waals surface area contributed by atoms with Gasteiger partial charge in [0.25, 0.3) is 0 Å². The molecule has 198 valence electrons. The number of furan rings is 1. The quantitative estimate of drug-likeness (QED) is 0.258. The number of benzene rings is 3. The molecule has 6 heteroatoms. The largest absolute Gasteiger partial charge is 0.496 e. The average molecular weight is 516 g/mol. The lowest BCUT2D eigenvalue weighted by molar-refractivity contribution is 0.0251. The summed E-state index contributed by atoms with van der Waals surface area (Å²) in [6, 6.07) is 19.5. The summed E-state index contributed by atoms with van der Waals surface area (Å²) in [6.45, 7) is 6.54. The number of rotatable bonds is 7. The molecule has 1 aromatic heterocycles. The van der Waals surface area contributed by atoms with Gasteiger partial charge in [-0.3, -0.25) is 4.79 Å². The molecule has 1 aliphatic rings. The number of para-hydroxylation sites is 1. The van der Waals surface area contributed by atoms with E-state index in [9.17, 15) is 4.79 Å². The van der Waals surface area contributed by atoms with Gasteiger partial charge < -0.3 is 19.2 Å². The van der Waals surface area contributed by atoms with E-state index >= 15 is 4.39 Å².